The zero-order chi connectivity index (χ0) is 16.9. The van der Waals surface area contributed by atoms with E-state index in [0.29, 0.717) is 11.1 Å². The summed E-state index contributed by atoms with van der Waals surface area (Å²) < 4.78 is 26.8. The maximum absolute atomic E-state index is 13.6. The zero-order valence-corrected chi connectivity index (χ0v) is 12.4. The molecule has 0 aliphatic carbocycles. The lowest BCUT2D eigenvalue weighted by Crippen LogP contribution is -2.30. The number of amides is 1. The maximum Gasteiger partial charge on any atom is 0.272 e. The Morgan fingerprint density at radius 1 is 0.958 bits per heavy atom. The number of benzene rings is 1. The van der Waals surface area contributed by atoms with Gasteiger partial charge in [-0.05, 0) is 29.3 Å². The molecule has 0 aliphatic rings. The number of pyridine rings is 1. The predicted octanol–water partition coefficient (Wildman–Crippen LogP) is 2.67. The normalized spacial score (nSPS) is 11.8. The van der Waals surface area contributed by atoms with Crippen LogP contribution in [0, 0.1) is 11.6 Å². The summed E-state index contributed by atoms with van der Waals surface area (Å²) in [5.74, 6) is -2.43. The molecule has 1 atom stereocenters. The first-order valence-electron chi connectivity index (χ1n) is 7.07. The van der Waals surface area contributed by atoms with Gasteiger partial charge in [0.2, 0.25) is 0 Å². The van der Waals surface area contributed by atoms with Gasteiger partial charge in [-0.1, -0.05) is 12.1 Å². The van der Waals surface area contributed by atoms with Gasteiger partial charge in [0.15, 0.2) is 11.6 Å². The van der Waals surface area contributed by atoms with Crippen LogP contribution in [0.25, 0.3) is 0 Å². The van der Waals surface area contributed by atoms with E-state index in [-0.39, 0.29) is 5.69 Å². The van der Waals surface area contributed by atoms with Crippen molar-refractivity contribution >= 4 is 5.91 Å². The van der Waals surface area contributed by atoms with Crippen molar-refractivity contribution in [1.82, 2.24) is 20.3 Å². The monoisotopic (exact) mass is 326 g/mol. The maximum atomic E-state index is 13.6. The van der Waals surface area contributed by atoms with Gasteiger partial charge < -0.3 is 5.32 Å². The molecule has 5 nitrogen and oxygen atoms in total. The molecule has 0 saturated heterocycles. The van der Waals surface area contributed by atoms with Gasteiger partial charge in [-0.25, -0.2) is 13.8 Å². The number of hydrogen-bond acceptors (Lipinski definition) is 4. The number of nitrogens with zero attached hydrogens (tertiary/aromatic N) is 3. The molecule has 0 fully saturated rings. The highest BCUT2D eigenvalue weighted by atomic mass is 19.2. The molecule has 1 amide bonds. The van der Waals surface area contributed by atoms with Crippen molar-refractivity contribution in [2.75, 3.05) is 0 Å². The quantitative estimate of drug-likeness (QED) is 0.800. The first-order chi connectivity index (χ1) is 11.6. The van der Waals surface area contributed by atoms with Crippen LogP contribution >= 0.6 is 0 Å². The molecule has 1 aromatic carbocycles. The molecule has 1 N–H and O–H groups in total. The van der Waals surface area contributed by atoms with E-state index >= 15 is 0 Å². The largest absolute Gasteiger partial charge is 0.340 e. The number of halogens is 2. The molecule has 0 bridgehead atoms. The minimum Gasteiger partial charge on any atom is -0.340 e. The average molecular weight is 326 g/mol. The van der Waals surface area contributed by atoms with Crippen molar-refractivity contribution in [3.8, 4) is 0 Å². The van der Waals surface area contributed by atoms with E-state index in [0.717, 1.165) is 12.1 Å². The van der Waals surface area contributed by atoms with Crippen LogP contribution in [0.5, 0.6) is 0 Å². The van der Waals surface area contributed by atoms with Gasteiger partial charge in [0.05, 0.1) is 12.2 Å². The Morgan fingerprint density at radius 3 is 2.46 bits per heavy atom. The number of aromatic nitrogens is 3. The molecule has 2 aromatic heterocycles. The molecule has 0 saturated carbocycles. The number of carbonyl (C=O) groups is 1. The van der Waals surface area contributed by atoms with Gasteiger partial charge in [-0.2, -0.15) is 0 Å². The van der Waals surface area contributed by atoms with Gasteiger partial charge in [0, 0.05) is 24.8 Å². The first kappa shape index (κ1) is 15.7. The lowest BCUT2D eigenvalue weighted by atomic mass is 9.99. The fourth-order valence-electron chi connectivity index (χ4n) is 2.22. The smallest absolute Gasteiger partial charge is 0.272 e. The second-order valence-electron chi connectivity index (χ2n) is 4.96. The summed E-state index contributed by atoms with van der Waals surface area (Å²) in [7, 11) is 0. The fraction of sp³-hybridized carbons (Fsp3) is 0.0588. The Labute approximate surface area is 136 Å². The van der Waals surface area contributed by atoms with Crippen molar-refractivity contribution < 1.29 is 13.6 Å². The molecule has 3 rings (SSSR count). The highest BCUT2D eigenvalue weighted by Crippen LogP contribution is 2.23. The van der Waals surface area contributed by atoms with Crippen LogP contribution in [0.1, 0.15) is 27.7 Å². The van der Waals surface area contributed by atoms with Crippen LogP contribution in [0.15, 0.2) is 61.3 Å². The summed E-state index contributed by atoms with van der Waals surface area (Å²) in [5.41, 5.74) is 1.13. The number of rotatable bonds is 4. The third kappa shape index (κ3) is 3.40. The van der Waals surface area contributed by atoms with Crippen molar-refractivity contribution in [1.29, 1.82) is 0 Å². The third-order valence-electron chi connectivity index (χ3n) is 3.37. The van der Waals surface area contributed by atoms with Gasteiger partial charge in [-0.3, -0.25) is 14.8 Å². The van der Waals surface area contributed by atoms with Crippen molar-refractivity contribution in [3.63, 3.8) is 0 Å². The second-order valence-corrected chi connectivity index (χ2v) is 4.96. The van der Waals surface area contributed by atoms with Crippen molar-refractivity contribution in [3.05, 3.63) is 89.8 Å². The van der Waals surface area contributed by atoms with Crippen LogP contribution in [-0.4, -0.2) is 20.9 Å². The van der Waals surface area contributed by atoms with Gasteiger partial charge in [0.25, 0.3) is 5.91 Å². The van der Waals surface area contributed by atoms with Crippen molar-refractivity contribution in [2.45, 2.75) is 6.04 Å². The fourth-order valence-corrected chi connectivity index (χ4v) is 2.22. The summed E-state index contributed by atoms with van der Waals surface area (Å²) in [6.07, 6.45) is 7.29. The van der Waals surface area contributed by atoms with Gasteiger partial charge >= 0.3 is 0 Å². The Hall–Kier alpha value is -3.22. The number of nitrogens with one attached hydrogen (secondary N) is 1. The van der Waals surface area contributed by atoms with E-state index in [1.165, 1.54) is 24.7 Å². The highest BCUT2D eigenvalue weighted by Gasteiger charge is 2.20. The molecule has 0 radical (unpaired) electrons. The van der Waals surface area contributed by atoms with Crippen molar-refractivity contribution in [2.24, 2.45) is 0 Å². The van der Waals surface area contributed by atoms with Crippen LogP contribution in [-0.2, 0) is 0 Å². The lowest BCUT2D eigenvalue weighted by Gasteiger charge is -2.19. The van der Waals surface area contributed by atoms with Crippen LogP contribution in [0.4, 0.5) is 8.78 Å². The Balaban J connectivity index is 1.96. The molecule has 2 heterocycles. The summed E-state index contributed by atoms with van der Waals surface area (Å²) >= 11 is 0. The molecule has 3 aromatic rings. The predicted molar refractivity (Wildman–Crippen MR) is 81.9 cm³/mol. The summed E-state index contributed by atoms with van der Waals surface area (Å²) in [4.78, 5) is 24.1. The zero-order valence-electron chi connectivity index (χ0n) is 12.4. The number of carbonyl (C=O) groups excluding carboxylic acids is 1. The molecule has 0 spiro atoms. The van der Waals surface area contributed by atoms with Crippen LogP contribution in [0.3, 0.4) is 0 Å². The highest BCUT2D eigenvalue weighted by molar-refractivity contribution is 5.92. The van der Waals surface area contributed by atoms with E-state index in [1.54, 1.807) is 24.5 Å². The van der Waals surface area contributed by atoms with Gasteiger partial charge in [0.1, 0.15) is 5.69 Å². The Kier molecular flexibility index (Phi) is 4.51. The molecule has 120 valence electrons. The van der Waals surface area contributed by atoms with Gasteiger partial charge in [-0.15, -0.1) is 0 Å². The second kappa shape index (κ2) is 6.91. The standard InChI is InChI=1S/C17H12F2N4O/c18-13-4-3-11(8-14(13)19)16(12-2-1-5-20-9-12)23-17(24)15-10-21-6-7-22-15/h1-10,16H,(H,23,24)/t16-/m1/s1. The molecular weight excluding hydrogens is 314 g/mol. The summed E-state index contributed by atoms with van der Waals surface area (Å²) in [6.45, 7) is 0. The minimum atomic E-state index is -0.991. The first-order valence-corrected chi connectivity index (χ1v) is 7.07. The Morgan fingerprint density at radius 2 is 1.79 bits per heavy atom. The van der Waals surface area contributed by atoms with E-state index in [9.17, 15) is 13.6 Å². The molecule has 0 unspecified atom stereocenters. The summed E-state index contributed by atoms with van der Waals surface area (Å²) in [6, 6.07) is 6.19. The SMILES string of the molecule is O=C(N[C@@H](c1cccnc1)c1ccc(F)c(F)c1)c1cnccn1. The third-order valence-corrected chi connectivity index (χ3v) is 3.37. The topological polar surface area (TPSA) is 67.8 Å². The number of hydrogen-bond donors (Lipinski definition) is 1. The van der Waals surface area contributed by atoms with Crippen LogP contribution in [0.2, 0.25) is 0 Å². The molecular formula is C17H12F2N4O. The van der Waals surface area contributed by atoms with E-state index in [4.69, 9.17) is 0 Å². The Bertz CT molecular complexity index is 844. The molecule has 7 heteroatoms. The lowest BCUT2D eigenvalue weighted by molar-refractivity contribution is 0.0937. The molecule has 0 aliphatic heterocycles. The summed E-state index contributed by atoms with van der Waals surface area (Å²) in [5, 5.41) is 2.74. The van der Waals surface area contributed by atoms with E-state index in [1.807, 2.05) is 0 Å². The minimum absolute atomic E-state index is 0.119. The van der Waals surface area contributed by atoms with E-state index < -0.39 is 23.6 Å². The van der Waals surface area contributed by atoms with Crippen LogP contribution < -0.4 is 5.32 Å². The van der Waals surface area contributed by atoms with E-state index in [2.05, 4.69) is 20.3 Å². The average Bonchev–Trinajstić information content (AvgIpc) is 2.63. The molecule has 24 heavy (non-hydrogen) atoms.